The molecule has 2 heterocycles. The Morgan fingerprint density at radius 2 is 1.61 bits per heavy atom. The molecule has 1 aromatic heterocycles. The van der Waals surface area contributed by atoms with Crippen molar-refractivity contribution in [2.75, 3.05) is 26.2 Å². The van der Waals surface area contributed by atoms with Crippen LogP contribution in [0.1, 0.15) is 17.8 Å². The molecule has 0 spiro atoms. The van der Waals surface area contributed by atoms with Crippen molar-refractivity contribution in [2.45, 2.75) is 24.0 Å². The van der Waals surface area contributed by atoms with Crippen molar-refractivity contribution >= 4 is 10.0 Å². The van der Waals surface area contributed by atoms with Crippen LogP contribution in [0, 0.1) is 5.82 Å². The number of hydrogen-bond donors (Lipinski definition) is 0. The zero-order chi connectivity index (χ0) is 23.6. The zero-order valence-corrected chi connectivity index (χ0v) is 18.1. The molecule has 0 bridgehead atoms. The van der Waals surface area contributed by atoms with Gasteiger partial charge in [-0.25, -0.2) is 12.8 Å². The molecule has 1 aliphatic rings. The van der Waals surface area contributed by atoms with Gasteiger partial charge < -0.3 is 0 Å². The zero-order valence-electron chi connectivity index (χ0n) is 17.3. The molecule has 0 unspecified atom stereocenters. The number of tetrazole rings is 1. The fourth-order valence-electron chi connectivity index (χ4n) is 3.60. The fourth-order valence-corrected chi connectivity index (χ4v) is 5.07. The smallest absolute Gasteiger partial charge is 0.295 e. The van der Waals surface area contributed by atoms with Gasteiger partial charge in [0.25, 0.3) is 0 Å². The number of rotatable bonds is 5. The predicted molar refractivity (Wildman–Crippen MR) is 109 cm³/mol. The number of nitrogens with zero attached hydrogens (tertiary/aromatic N) is 6. The molecule has 0 radical (unpaired) electrons. The first-order chi connectivity index (χ1) is 15.6. The van der Waals surface area contributed by atoms with Crippen molar-refractivity contribution in [3.05, 3.63) is 65.7 Å². The Kier molecular flexibility index (Phi) is 6.45. The minimum atomic E-state index is -4.44. The van der Waals surface area contributed by atoms with Gasteiger partial charge in [-0.1, -0.05) is 0 Å². The summed E-state index contributed by atoms with van der Waals surface area (Å²) in [4.78, 5) is 2.01. The lowest BCUT2D eigenvalue weighted by Gasteiger charge is -2.21. The molecule has 13 heteroatoms. The molecule has 0 aliphatic carbocycles. The third-order valence-electron chi connectivity index (χ3n) is 5.34. The Hall–Kier alpha value is -2.90. The molecular formula is C20H20F4N6O2S. The highest BCUT2D eigenvalue weighted by molar-refractivity contribution is 7.89. The Labute approximate surface area is 187 Å². The third-order valence-corrected chi connectivity index (χ3v) is 7.25. The molecule has 2 aromatic carbocycles. The summed E-state index contributed by atoms with van der Waals surface area (Å²) in [7, 11) is -3.75. The van der Waals surface area contributed by atoms with Gasteiger partial charge >= 0.3 is 6.18 Å². The number of sulfonamides is 1. The highest BCUT2D eigenvalue weighted by Gasteiger charge is 2.30. The second kappa shape index (κ2) is 9.15. The van der Waals surface area contributed by atoms with E-state index in [2.05, 4.69) is 15.5 Å². The van der Waals surface area contributed by atoms with Crippen molar-refractivity contribution < 1.29 is 26.0 Å². The van der Waals surface area contributed by atoms with Crippen LogP contribution in [0.25, 0.3) is 5.69 Å². The molecule has 0 amide bonds. The Morgan fingerprint density at radius 1 is 0.909 bits per heavy atom. The quantitative estimate of drug-likeness (QED) is 0.518. The first-order valence-electron chi connectivity index (χ1n) is 10.1. The highest BCUT2D eigenvalue weighted by atomic mass is 32.2. The van der Waals surface area contributed by atoms with Gasteiger partial charge in [0.2, 0.25) is 10.0 Å². The summed E-state index contributed by atoms with van der Waals surface area (Å²) in [5.41, 5.74) is -0.380. The van der Waals surface area contributed by atoms with Gasteiger partial charge in [-0.3, -0.25) is 4.90 Å². The van der Waals surface area contributed by atoms with Crippen LogP contribution in [0.3, 0.4) is 0 Å². The average molecular weight is 484 g/mol. The van der Waals surface area contributed by atoms with Crippen LogP contribution in [0.4, 0.5) is 17.6 Å². The molecule has 176 valence electrons. The average Bonchev–Trinajstić information content (AvgIpc) is 3.09. The SMILES string of the molecule is O=S(=O)(c1ccc(F)cc1)N1CCCN(Cc2nnnn2-c2ccc(C(F)(F)F)cc2)CC1. The van der Waals surface area contributed by atoms with E-state index in [1.54, 1.807) is 0 Å². The van der Waals surface area contributed by atoms with E-state index >= 15 is 0 Å². The summed E-state index contributed by atoms with van der Waals surface area (Å²) in [6, 6.07) is 9.22. The monoisotopic (exact) mass is 484 g/mol. The minimum Gasteiger partial charge on any atom is -0.295 e. The lowest BCUT2D eigenvalue weighted by atomic mass is 10.2. The predicted octanol–water partition coefficient (Wildman–Crippen LogP) is 2.72. The van der Waals surface area contributed by atoms with E-state index in [9.17, 15) is 26.0 Å². The van der Waals surface area contributed by atoms with E-state index < -0.39 is 27.6 Å². The lowest BCUT2D eigenvalue weighted by molar-refractivity contribution is -0.137. The van der Waals surface area contributed by atoms with Gasteiger partial charge in [0, 0.05) is 19.6 Å². The second-order valence-electron chi connectivity index (χ2n) is 7.54. The van der Waals surface area contributed by atoms with Gasteiger partial charge in [0.1, 0.15) is 5.82 Å². The summed E-state index contributed by atoms with van der Waals surface area (Å²) in [5.74, 6) is -0.0913. The lowest BCUT2D eigenvalue weighted by Crippen LogP contribution is -2.35. The standard InChI is InChI=1S/C20H20F4N6O2S/c21-16-4-8-18(9-5-16)33(31,32)29-11-1-10-28(12-13-29)14-19-25-26-27-30(19)17-6-2-15(3-7-17)20(22,23)24/h2-9H,1,10-14H2. The summed E-state index contributed by atoms with van der Waals surface area (Å²) in [5, 5.41) is 11.5. The highest BCUT2D eigenvalue weighted by Crippen LogP contribution is 2.29. The number of benzene rings is 2. The first kappa shape index (κ1) is 23.3. The van der Waals surface area contributed by atoms with Crippen molar-refractivity contribution in [3.63, 3.8) is 0 Å². The maximum Gasteiger partial charge on any atom is 0.416 e. The number of hydrogen-bond acceptors (Lipinski definition) is 6. The van der Waals surface area contributed by atoms with Crippen LogP contribution in [0.5, 0.6) is 0 Å². The Morgan fingerprint density at radius 3 is 2.27 bits per heavy atom. The second-order valence-corrected chi connectivity index (χ2v) is 9.48. The molecule has 3 aromatic rings. The summed E-state index contributed by atoms with van der Waals surface area (Å²) in [6.45, 7) is 1.80. The Bertz CT molecular complexity index is 1200. The maximum absolute atomic E-state index is 13.2. The van der Waals surface area contributed by atoms with E-state index in [1.807, 2.05) is 4.90 Å². The van der Waals surface area contributed by atoms with Gasteiger partial charge in [-0.15, -0.1) is 5.10 Å². The molecule has 8 nitrogen and oxygen atoms in total. The van der Waals surface area contributed by atoms with Crippen molar-refractivity contribution in [2.24, 2.45) is 0 Å². The van der Waals surface area contributed by atoms with Crippen molar-refractivity contribution in [3.8, 4) is 5.69 Å². The van der Waals surface area contributed by atoms with E-state index in [-0.39, 0.29) is 11.4 Å². The largest absolute Gasteiger partial charge is 0.416 e. The van der Waals surface area contributed by atoms with Crippen molar-refractivity contribution in [1.82, 2.24) is 29.4 Å². The van der Waals surface area contributed by atoms with Crippen LogP contribution in [-0.2, 0) is 22.7 Å². The number of aromatic nitrogens is 4. The first-order valence-corrected chi connectivity index (χ1v) is 11.5. The normalized spacial score (nSPS) is 16.6. The molecule has 0 atom stereocenters. The fraction of sp³-hybridized carbons (Fsp3) is 0.350. The maximum atomic E-state index is 13.2. The van der Waals surface area contributed by atoms with Crippen LogP contribution in [0.2, 0.25) is 0 Å². The van der Waals surface area contributed by atoms with Gasteiger partial charge in [-0.2, -0.15) is 22.2 Å². The van der Waals surface area contributed by atoms with E-state index in [0.717, 1.165) is 24.3 Å². The van der Waals surface area contributed by atoms with E-state index in [1.165, 1.54) is 33.3 Å². The van der Waals surface area contributed by atoms with Gasteiger partial charge in [-0.05, 0) is 71.9 Å². The number of halogens is 4. The van der Waals surface area contributed by atoms with Gasteiger partial charge in [0.05, 0.1) is 22.7 Å². The number of alkyl halides is 3. The minimum absolute atomic E-state index is 0.0311. The van der Waals surface area contributed by atoms with E-state index in [4.69, 9.17) is 0 Å². The summed E-state index contributed by atoms with van der Waals surface area (Å²) >= 11 is 0. The van der Waals surface area contributed by atoms with E-state index in [0.29, 0.717) is 44.1 Å². The molecular weight excluding hydrogens is 464 g/mol. The molecule has 0 N–H and O–H groups in total. The third kappa shape index (κ3) is 5.20. The topological polar surface area (TPSA) is 84.2 Å². The van der Waals surface area contributed by atoms with Crippen LogP contribution in [-0.4, -0.2) is 64.0 Å². The molecule has 1 saturated heterocycles. The molecule has 0 saturated carbocycles. The molecule has 4 rings (SSSR count). The molecule has 1 aliphatic heterocycles. The summed E-state index contributed by atoms with van der Waals surface area (Å²) in [6.07, 6.45) is -3.88. The Balaban J connectivity index is 1.44. The molecule has 33 heavy (non-hydrogen) atoms. The van der Waals surface area contributed by atoms with Crippen molar-refractivity contribution in [1.29, 1.82) is 0 Å². The van der Waals surface area contributed by atoms with Crippen LogP contribution in [0.15, 0.2) is 53.4 Å². The van der Waals surface area contributed by atoms with Crippen LogP contribution < -0.4 is 0 Å². The summed E-state index contributed by atoms with van der Waals surface area (Å²) < 4.78 is 80.1. The van der Waals surface area contributed by atoms with Crippen LogP contribution >= 0.6 is 0 Å². The molecule has 1 fully saturated rings. The van der Waals surface area contributed by atoms with Gasteiger partial charge in [0.15, 0.2) is 5.82 Å².